The first-order valence-corrected chi connectivity index (χ1v) is 8.36. The van der Waals surface area contributed by atoms with Crippen LogP contribution in [0.25, 0.3) is 11.1 Å². The van der Waals surface area contributed by atoms with Crippen LogP contribution in [0.4, 0.5) is 0 Å². The van der Waals surface area contributed by atoms with Crippen molar-refractivity contribution >= 4 is 97.1 Å². The van der Waals surface area contributed by atoms with E-state index in [9.17, 15) is 0 Å². The largest absolute Gasteiger partial charge is 0.0820 e. The monoisotopic (exact) mass is 470 g/mol. The highest BCUT2D eigenvalue weighted by Crippen LogP contribution is 2.50. The van der Waals surface area contributed by atoms with Crippen LogP contribution < -0.4 is 0 Å². The van der Waals surface area contributed by atoms with Gasteiger partial charge in [0.2, 0.25) is 0 Å². The fourth-order valence-corrected chi connectivity index (χ4v) is 3.77. The van der Waals surface area contributed by atoms with Gasteiger partial charge in [0.05, 0.1) is 35.2 Å². The number of hydrogen-bond donors (Lipinski definition) is 0. The topological polar surface area (TPSA) is 0 Å². The Bertz CT molecular complexity index is 683. The predicted molar refractivity (Wildman–Crippen MR) is 94.6 cm³/mol. The Morgan fingerprint density at radius 1 is 0.550 bits per heavy atom. The molecule has 0 N–H and O–H groups in total. The molecule has 0 nitrogen and oxygen atoms in total. The summed E-state index contributed by atoms with van der Waals surface area (Å²) in [6.45, 7) is 0. The first kappa shape index (κ1) is 17.3. The number of hydrogen-bond acceptors (Lipinski definition) is 0. The van der Waals surface area contributed by atoms with Crippen LogP contribution in [0.3, 0.4) is 0 Å². The molecule has 2 aromatic rings. The number of halogens is 8. The van der Waals surface area contributed by atoms with Crippen molar-refractivity contribution in [3.8, 4) is 11.1 Å². The summed E-state index contributed by atoms with van der Waals surface area (Å²) in [7, 11) is 0. The fraction of sp³-hybridized carbons (Fsp3) is 0. The van der Waals surface area contributed by atoms with E-state index in [1.165, 1.54) is 0 Å². The van der Waals surface area contributed by atoms with E-state index in [-0.39, 0.29) is 30.1 Å². The van der Waals surface area contributed by atoms with Crippen LogP contribution in [0.5, 0.6) is 0 Å². The lowest BCUT2D eigenvalue weighted by Gasteiger charge is -2.14. The highest BCUT2D eigenvalue weighted by atomic mass is 79.9. The van der Waals surface area contributed by atoms with Gasteiger partial charge in [0.1, 0.15) is 0 Å². The zero-order valence-corrected chi connectivity index (χ0v) is 16.1. The molecule has 0 fully saturated rings. The molecule has 2 aromatic carbocycles. The molecule has 0 bridgehead atoms. The van der Waals surface area contributed by atoms with Gasteiger partial charge in [0.15, 0.2) is 0 Å². The average molecular weight is 474 g/mol. The van der Waals surface area contributed by atoms with Crippen molar-refractivity contribution < 1.29 is 0 Å². The van der Waals surface area contributed by atoms with E-state index < -0.39 is 0 Å². The van der Waals surface area contributed by atoms with Crippen LogP contribution in [-0.4, -0.2) is 0 Å². The molecule has 2 rings (SSSR count). The van der Waals surface area contributed by atoms with E-state index in [0.29, 0.717) is 20.6 Å². The minimum atomic E-state index is 0.0893. The summed E-state index contributed by atoms with van der Waals surface area (Å²) in [4.78, 5) is 0. The molecule has 0 amide bonds. The highest BCUT2D eigenvalue weighted by Gasteiger charge is 2.23. The molecule has 0 radical (unpaired) electrons. The second-order valence-corrected chi connectivity index (χ2v) is 7.17. The Balaban J connectivity index is 2.87. The molecule has 0 aromatic heterocycles. The predicted octanol–water partition coefficient (Wildman–Crippen LogP) is 8.69. The molecular weight excluding hydrogens is 472 g/mol. The third kappa shape index (κ3) is 2.89. The first-order valence-electron chi connectivity index (χ1n) is 4.92. The molecule has 0 aliphatic carbocycles. The van der Waals surface area contributed by atoms with Crippen LogP contribution in [0.2, 0.25) is 35.2 Å². The minimum Gasteiger partial charge on any atom is -0.0820 e. The maximum absolute atomic E-state index is 6.22. The van der Waals surface area contributed by atoms with Crippen molar-refractivity contribution in [2.24, 2.45) is 0 Å². The van der Waals surface area contributed by atoms with Gasteiger partial charge in [-0.1, -0.05) is 87.3 Å². The van der Waals surface area contributed by atoms with Crippen molar-refractivity contribution in [1.29, 1.82) is 0 Å². The van der Waals surface area contributed by atoms with Gasteiger partial charge in [0.25, 0.3) is 0 Å². The molecule has 106 valence electrons. The van der Waals surface area contributed by atoms with Gasteiger partial charge in [-0.05, 0) is 22.0 Å². The summed E-state index contributed by atoms with van der Waals surface area (Å²) in [6.07, 6.45) is 0. The van der Waals surface area contributed by atoms with Crippen LogP contribution in [0.15, 0.2) is 16.6 Å². The first-order chi connectivity index (χ1) is 9.27. The molecule has 0 heterocycles. The lowest BCUT2D eigenvalue weighted by Crippen LogP contribution is -1.89. The maximum atomic E-state index is 6.22. The Morgan fingerprint density at radius 2 is 1.00 bits per heavy atom. The third-order valence-electron chi connectivity index (χ3n) is 2.51. The van der Waals surface area contributed by atoms with E-state index >= 15 is 0 Å². The molecule has 0 aliphatic rings. The Hall–Kier alpha value is 0.950. The summed E-state index contributed by atoms with van der Waals surface area (Å²) < 4.78 is 0.645. The summed E-state index contributed by atoms with van der Waals surface area (Å²) in [5.41, 5.74) is 0.891. The summed E-state index contributed by atoms with van der Waals surface area (Å²) >= 11 is 46.0. The molecule has 0 saturated carbocycles. The highest BCUT2D eigenvalue weighted by molar-refractivity contribution is 9.10. The van der Waals surface area contributed by atoms with Crippen LogP contribution in [0.1, 0.15) is 0 Å². The van der Waals surface area contributed by atoms with E-state index in [1.54, 1.807) is 12.1 Å². The summed E-state index contributed by atoms with van der Waals surface area (Å²) in [5.74, 6) is 0. The molecule has 0 aliphatic heterocycles. The van der Waals surface area contributed by atoms with Gasteiger partial charge in [-0.15, -0.1) is 0 Å². The minimum absolute atomic E-state index is 0.0893. The maximum Gasteiger partial charge on any atom is 0.0809 e. The van der Waals surface area contributed by atoms with Crippen molar-refractivity contribution in [1.82, 2.24) is 0 Å². The van der Waals surface area contributed by atoms with Crippen molar-refractivity contribution in [2.75, 3.05) is 0 Å². The van der Waals surface area contributed by atoms with Gasteiger partial charge < -0.3 is 0 Å². The van der Waals surface area contributed by atoms with E-state index in [0.717, 1.165) is 0 Å². The van der Waals surface area contributed by atoms with E-state index in [1.807, 2.05) is 0 Å². The molecule has 0 saturated heterocycles. The second-order valence-electron chi connectivity index (χ2n) is 3.67. The summed E-state index contributed by atoms with van der Waals surface area (Å²) in [5, 5.41) is 1.22. The average Bonchev–Trinajstić information content (AvgIpc) is 2.43. The number of rotatable bonds is 1. The normalized spacial score (nSPS) is 11.0. The van der Waals surface area contributed by atoms with Gasteiger partial charge >= 0.3 is 0 Å². The Kier molecular flexibility index (Phi) is 5.71. The quantitative estimate of drug-likeness (QED) is 0.287. The van der Waals surface area contributed by atoms with Gasteiger partial charge in [-0.3, -0.25) is 0 Å². The second kappa shape index (κ2) is 6.60. The lowest BCUT2D eigenvalue weighted by atomic mass is 10.1. The summed E-state index contributed by atoms with van der Waals surface area (Å²) in [6, 6.07) is 3.42. The van der Waals surface area contributed by atoms with Crippen molar-refractivity contribution in [2.45, 2.75) is 0 Å². The standard InChI is InChI=1S/C12H2BrCl7/c13-4-2-1-3(6(14)7(4)15)5-8(16)10(18)12(20)11(19)9(5)17/h1-2H. The van der Waals surface area contributed by atoms with E-state index in [2.05, 4.69) is 15.9 Å². The number of benzene rings is 2. The molecular formula is C12H2BrCl7. The van der Waals surface area contributed by atoms with Crippen molar-refractivity contribution in [3.05, 3.63) is 51.8 Å². The zero-order chi connectivity index (χ0) is 15.2. The SMILES string of the molecule is Clc1c(Br)ccc(-c2c(Cl)c(Cl)c(Cl)c(Cl)c2Cl)c1Cl. The fourth-order valence-electron chi connectivity index (χ4n) is 1.56. The van der Waals surface area contributed by atoms with Gasteiger partial charge in [-0.2, -0.15) is 0 Å². The smallest absolute Gasteiger partial charge is 0.0809 e. The molecule has 0 unspecified atom stereocenters. The molecule has 20 heavy (non-hydrogen) atoms. The van der Waals surface area contributed by atoms with Gasteiger partial charge in [-0.25, -0.2) is 0 Å². The van der Waals surface area contributed by atoms with E-state index in [4.69, 9.17) is 81.2 Å². The molecule has 0 atom stereocenters. The van der Waals surface area contributed by atoms with Crippen LogP contribution >= 0.6 is 97.1 Å². The Labute approximate surface area is 158 Å². The molecule has 8 heteroatoms. The van der Waals surface area contributed by atoms with Crippen LogP contribution in [0, 0.1) is 0 Å². The van der Waals surface area contributed by atoms with Gasteiger partial charge in [0, 0.05) is 15.6 Å². The Morgan fingerprint density at radius 3 is 1.50 bits per heavy atom. The molecule has 0 spiro atoms. The lowest BCUT2D eigenvalue weighted by molar-refractivity contribution is 1.59. The zero-order valence-electron chi connectivity index (χ0n) is 9.18. The van der Waals surface area contributed by atoms with Crippen LogP contribution in [-0.2, 0) is 0 Å². The van der Waals surface area contributed by atoms with Crippen molar-refractivity contribution in [3.63, 3.8) is 0 Å². The third-order valence-corrected chi connectivity index (χ3v) is 6.56.